The summed E-state index contributed by atoms with van der Waals surface area (Å²) in [7, 11) is 0. The van der Waals surface area contributed by atoms with Crippen molar-refractivity contribution in [3.05, 3.63) is 37.1 Å². The van der Waals surface area contributed by atoms with Crippen molar-refractivity contribution in [3.8, 4) is 0 Å². The van der Waals surface area contributed by atoms with Crippen LogP contribution in [0.25, 0.3) is 10.2 Å². The number of rotatable bonds is 4. The van der Waals surface area contributed by atoms with Gasteiger partial charge in [0.25, 0.3) is 0 Å². The molecule has 1 aliphatic heterocycles. The molecule has 29 heavy (non-hydrogen) atoms. The Hall–Kier alpha value is -1.06. The molecule has 1 fully saturated rings. The van der Waals surface area contributed by atoms with E-state index in [1.54, 1.807) is 0 Å². The van der Waals surface area contributed by atoms with Gasteiger partial charge >= 0.3 is 0 Å². The summed E-state index contributed by atoms with van der Waals surface area (Å²) in [5, 5.41) is 1.13. The second kappa shape index (κ2) is 8.23. The van der Waals surface area contributed by atoms with E-state index in [0.29, 0.717) is 5.82 Å². The molecule has 0 radical (unpaired) electrons. The number of hydrogen-bond acceptors (Lipinski definition) is 7. The number of thiophene rings is 2. The van der Waals surface area contributed by atoms with Crippen LogP contribution in [0.15, 0.2) is 15.9 Å². The molecule has 8 heteroatoms. The number of piperazine rings is 1. The number of nitrogen functional groups attached to an aromatic ring is 1. The van der Waals surface area contributed by atoms with Crippen LogP contribution >= 0.6 is 38.6 Å². The molecule has 1 saturated heterocycles. The number of halogens is 1. The van der Waals surface area contributed by atoms with Crippen LogP contribution in [0, 0.1) is 5.92 Å². The maximum atomic E-state index is 6.40. The Morgan fingerprint density at radius 3 is 2.59 bits per heavy atom. The lowest BCUT2D eigenvalue weighted by Gasteiger charge is -2.34. The van der Waals surface area contributed by atoms with Crippen LogP contribution in [-0.4, -0.2) is 45.9 Å². The van der Waals surface area contributed by atoms with Crippen LogP contribution in [-0.2, 0) is 25.9 Å². The largest absolute Gasteiger partial charge is 0.383 e. The van der Waals surface area contributed by atoms with Gasteiger partial charge in [-0.3, -0.25) is 9.80 Å². The third-order valence-corrected chi connectivity index (χ3v) is 8.82. The molecule has 1 unspecified atom stereocenters. The lowest BCUT2D eigenvalue weighted by atomic mass is 9.89. The van der Waals surface area contributed by atoms with Crippen molar-refractivity contribution in [2.75, 3.05) is 31.9 Å². The molecule has 2 N–H and O–H groups in total. The number of nitrogens with zero attached hydrogens (tertiary/aromatic N) is 4. The Bertz CT molecular complexity index is 1020. The predicted molar refractivity (Wildman–Crippen MR) is 126 cm³/mol. The monoisotopic (exact) mass is 491 g/mol. The number of hydrogen-bond donors (Lipinski definition) is 1. The average molecular weight is 493 g/mol. The van der Waals surface area contributed by atoms with Gasteiger partial charge in [-0.15, -0.1) is 22.7 Å². The standard InChI is InChI=1S/C21H26BrN5S2/c1-13-2-4-15-16(10-13)29-21-19(15)20(23)24-18(25-21)12-27-8-6-26(7-9-27)11-14-3-5-17(22)28-14/h3,5,13H,2,4,6-12H2,1H3,(H2,23,24,25). The fourth-order valence-corrected chi connectivity index (χ4v) is 7.38. The zero-order valence-electron chi connectivity index (χ0n) is 16.7. The molecule has 4 heterocycles. The van der Waals surface area contributed by atoms with Gasteiger partial charge in [0, 0.05) is 42.5 Å². The van der Waals surface area contributed by atoms with Crippen molar-refractivity contribution < 1.29 is 0 Å². The lowest BCUT2D eigenvalue weighted by molar-refractivity contribution is 0.121. The molecule has 0 bridgehead atoms. The van der Waals surface area contributed by atoms with Gasteiger partial charge in [-0.1, -0.05) is 6.92 Å². The van der Waals surface area contributed by atoms with Crippen LogP contribution in [0.2, 0.25) is 0 Å². The van der Waals surface area contributed by atoms with Crippen molar-refractivity contribution in [1.29, 1.82) is 0 Å². The van der Waals surface area contributed by atoms with Gasteiger partial charge < -0.3 is 5.73 Å². The van der Waals surface area contributed by atoms with Crippen LogP contribution < -0.4 is 5.73 Å². The van der Waals surface area contributed by atoms with Crippen molar-refractivity contribution in [2.45, 2.75) is 39.3 Å². The first-order valence-electron chi connectivity index (χ1n) is 10.3. The second-order valence-electron chi connectivity index (χ2n) is 8.32. The third kappa shape index (κ3) is 4.23. The summed E-state index contributed by atoms with van der Waals surface area (Å²) in [6.07, 6.45) is 3.52. The number of aryl methyl sites for hydroxylation is 1. The zero-order valence-corrected chi connectivity index (χ0v) is 19.9. The first-order valence-corrected chi connectivity index (χ1v) is 12.7. The first-order chi connectivity index (χ1) is 14.0. The maximum Gasteiger partial charge on any atom is 0.146 e. The molecule has 2 aliphatic rings. The highest BCUT2D eigenvalue weighted by Crippen LogP contribution is 2.39. The van der Waals surface area contributed by atoms with Gasteiger partial charge in [0.15, 0.2) is 0 Å². The minimum Gasteiger partial charge on any atom is -0.383 e. The molecular formula is C21H26BrN5S2. The Morgan fingerprint density at radius 1 is 1.10 bits per heavy atom. The Morgan fingerprint density at radius 2 is 1.86 bits per heavy atom. The zero-order chi connectivity index (χ0) is 20.0. The van der Waals surface area contributed by atoms with E-state index in [-0.39, 0.29) is 0 Å². The molecule has 5 nitrogen and oxygen atoms in total. The highest BCUT2D eigenvalue weighted by Gasteiger charge is 2.24. The minimum absolute atomic E-state index is 0.680. The van der Waals surface area contributed by atoms with Gasteiger partial charge in [-0.25, -0.2) is 9.97 Å². The quantitative estimate of drug-likeness (QED) is 0.580. The van der Waals surface area contributed by atoms with Crippen LogP contribution in [0.3, 0.4) is 0 Å². The number of nitrogens with two attached hydrogens (primary N) is 1. The predicted octanol–water partition coefficient (Wildman–Crippen LogP) is 4.54. The molecule has 3 aromatic rings. The van der Waals surface area contributed by atoms with Crippen molar-refractivity contribution >= 4 is 54.6 Å². The minimum atomic E-state index is 0.680. The number of aromatic nitrogens is 2. The molecule has 154 valence electrons. The van der Waals surface area contributed by atoms with E-state index in [2.05, 4.69) is 44.8 Å². The molecule has 0 saturated carbocycles. The highest BCUT2D eigenvalue weighted by atomic mass is 79.9. The topological polar surface area (TPSA) is 58.3 Å². The normalized spacial score (nSPS) is 21.0. The van der Waals surface area contributed by atoms with Crippen LogP contribution in [0.1, 0.15) is 34.5 Å². The summed E-state index contributed by atoms with van der Waals surface area (Å²) in [5.74, 6) is 2.31. The van der Waals surface area contributed by atoms with Crippen LogP contribution in [0.5, 0.6) is 0 Å². The molecular weight excluding hydrogens is 466 g/mol. The van der Waals surface area contributed by atoms with E-state index >= 15 is 0 Å². The molecule has 5 rings (SSSR count). The van der Waals surface area contributed by atoms with Crippen molar-refractivity contribution in [1.82, 2.24) is 19.8 Å². The van der Waals surface area contributed by atoms with E-state index < -0.39 is 0 Å². The fourth-order valence-electron chi connectivity index (χ4n) is 4.45. The number of fused-ring (bicyclic) bond motifs is 3. The van der Waals surface area contributed by atoms with E-state index in [9.17, 15) is 0 Å². The maximum absolute atomic E-state index is 6.40. The summed E-state index contributed by atoms with van der Waals surface area (Å²) < 4.78 is 1.21. The van der Waals surface area contributed by atoms with E-state index in [1.807, 2.05) is 22.7 Å². The van der Waals surface area contributed by atoms with Gasteiger partial charge in [0.1, 0.15) is 16.5 Å². The van der Waals surface area contributed by atoms with E-state index in [4.69, 9.17) is 15.7 Å². The molecule has 3 aromatic heterocycles. The van der Waals surface area contributed by atoms with Gasteiger partial charge in [-0.05, 0) is 58.8 Å². The van der Waals surface area contributed by atoms with Gasteiger partial charge in [-0.2, -0.15) is 0 Å². The summed E-state index contributed by atoms with van der Waals surface area (Å²) in [4.78, 5) is 18.6. The Labute approximate surface area is 188 Å². The number of anilines is 1. The summed E-state index contributed by atoms with van der Waals surface area (Å²) in [5.41, 5.74) is 7.82. The summed E-state index contributed by atoms with van der Waals surface area (Å²) in [6.45, 7) is 8.43. The Kier molecular flexibility index (Phi) is 5.64. The smallest absolute Gasteiger partial charge is 0.146 e. The lowest BCUT2D eigenvalue weighted by Crippen LogP contribution is -2.45. The average Bonchev–Trinajstić information content (AvgIpc) is 3.25. The highest BCUT2D eigenvalue weighted by molar-refractivity contribution is 9.11. The van der Waals surface area contributed by atoms with E-state index in [1.165, 1.54) is 25.5 Å². The SMILES string of the molecule is CC1CCc2c(sc3nc(CN4CCN(Cc5ccc(Br)s5)CC4)nc(N)c23)C1. The second-order valence-corrected chi connectivity index (χ2v) is 11.9. The fraction of sp³-hybridized carbons (Fsp3) is 0.524. The van der Waals surface area contributed by atoms with E-state index in [0.717, 1.165) is 74.1 Å². The van der Waals surface area contributed by atoms with Crippen molar-refractivity contribution in [2.24, 2.45) is 5.92 Å². The molecule has 1 atom stereocenters. The summed E-state index contributed by atoms with van der Waals surface area (Å²) >= 11 is 7.22. The molecule has 1 aliphatic carbocycles. The van der Waals surface area contributed by atoms with Gasteiger partial charge in [0.2, 0.25) is 0 Å². The van der Waals surface area contributed by atoms with Crippen LogP contribution in [0.4, 0.5) is 5.82 Å². The molecule has 0 spiro atoms. The molecule has 0 aromatic carbocycles. The Balaban J connectivity index is 1.25. The summed E-state index contributed by atoms with van der Waals surface area (Å²) in [6, 6.07) is 4.35. The first kappa shape index (κ1) is 19.9. The third-order valence-electron chi connectivity index (χ3n) is 6.07. The molecule has 0 amide bonds. The van der Waals surface area contributed by atoms with Gasteiger partial charge in [0.05, 0.1) is 15.7 Å². The van der Waals surface area contributed by atoms with Crippen molar-refractivity contribution in [3.63, 3.8) is 0 Å².